The maximum Gasteiger partial charge on any atom is 0.241 e. The molecule has 2 aromatic rings. The van der Waals surface area contributed by atoms with Crippen molar-refractivity contribution in [3.8, 4) is 5.75 Å². The Balaban J connectivity index is 1.36. The molecule has 5 rings (SSSR count). The first-order valence-corrected chi connectivity index (χ1v) is 11.9. The topological polar surface area (TPSA) is 66.9 Å². The third-order valence-electron chi connectivity index (χ3n) is 7.48. The number of benzene rings is 2. The molecule has 0 spiro atoms. The predicted molar refractivity (Wildman–Crippen MR) is 124 cm³/mol. The van der Waals surface area contributed by atoms with Gasteiger partial charge in [0.2, 0.25) is 17.7 Å². The van der Waals surface area contributed by atoms with Crippen LogP contribution in [0.3, 0.4) is 0 Å². The van der Waals surface area contributed by atoms with Crippen LogP contribution in [0.4, 0.5) is 0 Å². The molecule has 33 heavy (non-hydrogen) atoms. The van der Waals surface area contributed by atoms with Crippen LogP contribution in [0, 0.1) is 0 Å². The highest BCUT2D eigenvalue weighted by Crippen LogP contribution is 2.45. The zero-order chi connectivity index (χ0) is 23.0. The zero-order valence-corrected chi connectivity index (χ0v) is 19.0. The fraction of sp³-hybridized carbons (Fsp3) is 0.444. The molecule has 1 atom stereocenters. The SMILES string of the molecule is COc1ccc([C@]2(CC(=O)N3CCC(c4ccccc4)CC3)CC(=O)N(C3CC3)C2=O)cc1. The van der Waals surface area contributed by atoms with Crippen molar-refractivity contribution in [1.29, 1.82) is 0 Å². The highest BCUT2D eigenvalue weighted by molar-refractivity contribution is 6.11. The molecule has 0 N–H and O–H groups in total. The van der Waals surface area contributed by atoms with Crippen molar-refractivity contribution in [3.63, 3.8) is 0 Å². The fourth-order valence-corrected chi connectivity index (χ4v) is 5.40. The minimum absolute atomic E-state index is 0.00171. The predicted octanol–water partition coefficient (Wildman–Crippen LogP) is 3.65. The molecule has 1 saturated carbocycles. The van der Waals surface area contributed by atoms with Crippen molar-refractivity contribution in [1.82, 2.24) is 9.80 Å². The molecule has 1 aliphatic carbocycles. The second kappa shape index (κ2) is 8.65. The summed E-state index contributed by atoms with van der Waals surface area (Å²) in [5, 5.41) is 0. The number of carbonyl (C=O) groups excluding carboxylic acids is 3. The monoisotopic (exact) mass is 446 g/mol. The van der Waals surface area contributed by atoms with Gasteiger partial charge in [-0.25, -0.2) is 0 Å². The summed E-state index contributed by atoms with van der Waals surface area (Å²) in [5.41, 5.74) is 0.910. The lowest BCUT2D eigenvalue weighted by molar-refractivity contribution is -0.143. The number of hydrogen-bond donors (Lipinski definition) is 0. The number of ether oxygens (including phenoxy) is 1. The fourth-order valence-electron chi connectivity index (χ4n) is 5.40. The number of rotatable bonds is 6. The number of piperidine rings is 1. The van der Waals surface area contributed by atoms with E-state index in [1.54, 1.807) is 19.2 Å². The van der Waals surface area contributed by atoms with Crippen LogP contribution in [-0.2, 0) is 19.8 Å². The Bertz CT molecular complexity index is 1040. The van der Waals surface area contributed by atoms with Gasteiger partial charge in [0.15, 0.2) is 0 Å². The molecule has 3 fully saturated rings. The van der Waals surface area contributed by atoms with Crippen molar-refractivity contribution in [3.05, 3.63) is 65.7 Å². The Morgan fingerprint density at radius 1 is 0.970 bits per heavy atom. The van der Waals surface area contributed by atoms with E-state index in [4.69, 9.17) is 4.74 Å². The highest BCUT2D eigenvalue weighted by Gasteiger charge is 2.57. The summed E-state index contributed by atoms with van der Waals surface area (Å²) >= 11 is 0. The van der Waals surface area contributed by atoms with Gasteiger partial charge in [-0.05, 0) is 54.9 Å². The molecule has 3 amide bonds. The van der Waals surface area contributed by atoms with Gasteiger partial charge in [0.1, 0.15) is 5.75 Å². The smallest absolute Gasteiger partial charge is 0.241 e. The van der Waals surface area contributed by atoms with E-state index < -0.39 is 5.41 Å². The second-order valence-electron chi connectivity index (χ2n) is 9.53. The van der Waals surface area contributed by atoms with Crippen LogP contribution in [-0.4, -0.2) is 53.8 Å². The van der Waals surface area contributed by atoms with Crippen molar-refractivity contribution < 1.29 is 19.1 Å². The average Bonchev–Trinajstić information content (AvgIpc) is 3.65. The second-order valence-corrected chi connectivity index (χ2v) is 9.53. The number of imide groups is 1. The molecule has 6 nitrogen and oxygen atoms in total. The standard InChI is InChI=1S/C27H30N2O4/c1-33-23-11-7-21(8-12-23)27(18-25(31)29(26(27)32)22-9-10-22)17-24(30)28-15-13-20(14-16-28)19-5-3-2-4-6-19/h2-8,11-12,20,22H,9-10,13-18H2,1H3/t27-/m0/s1. The minimum atomic E-state index is -1.13. The quantitative estimate of drug-likeness (QED) is 0.636. The van der Waals surface area contributed by atoms with Crippen molar-refractivity contribution in [2.75, 3.05) is 20.2 Å². The third-order valence-corrected chi connectivity index (χ3v) is 7.48. The minimum Gasteiger partial charge on any atom is -0.497 e. The number of nitrogens with zero attached hydrogens (tertiary/aromatic N) is 2. The lowest BCUT2D eigenvalue weighted by Gasteiger charge is -2.35. The number of hydrogen-bond acceptors (Lipinski definition) is 4. The largest absolute Gasteiger partial charge is 0.497 e. The Morgan fingerprint density at radius 2 is 1.64 bits per heavy atom. The molecule has 0 bridgehead atoms. The van der Waals surface area contributed by atoms with E-state index in [9.17, 15) is 14.4 Å². The van der Waals surface area contributed by atoms with Crippen LogP contribution in [0.1, 0.15) is 55.6 Å². The van der Waals surface area contributed by atoms with Crippen LogP contribution in [0.2, 0.25) is 0 Å². The Hall–Kier alpha value is -3.15. The van der Waals surface area contributed by atoms with E-state index in [-0.39, 0.29) is 36.6 Å². The van der Waals surface area contributed by atoms with E-state index in [2.05, 4.69) is 24.3 Å². The van der Waals surface area contributed by atoms with Crippen LogP contribution in [0.25, 0.3) is 0 Å². The van der Waals surface area contributed by atoms with Crippen LogP contribution < -0.4 is 4.74 Å². The number of methoxy groups -OCH3 is 1. The Kier molecular flexibility index (Phi) is 5.69. The lowest BCUT2D eigenvalue weighted by Crippen LogP contribution is -2.45. The Morgan fingerprint density at radius 3 is 2.24 bits per heavy atom. The highest BCUT2D eigenvalue weighted by atomic mass is 16.5. The van der Waals surface area contributed by atoms with Crippen LogP contribution in [0.5, 0.6) is 5.75 Å². The summed E-state index contributed by atoms with van der Waals surface area (Å²) < 4.78 is 5.27. The summed E-state index contributed by atoms with van der Waals surface area (Å²) in [5.74, 6) is 0.711. The summed E-state index contributed by atoms with van der Waals surface area (Å²) in [6, 6.07) is 17.7. The average molecular weight is 447 g/mol. The molecule has 0 aromatic heterocycles. The van der Waals surface area contributed by atoms with Gasteiger partial charge in [-0.2, -0.15) is 0 Å². The van der Waals surface area contributed by atoms with Gasteiger partial charge < -0.3 is 9.64 Å². The van der Waals surface area contributed by atoms with E-state index in [1.165, 1.54) is 10.5 Å². The summed E-state index contributed by atoms with van der Waals surface area (Å²) in [4.78, 5) is 43.3. The van der Waals surface area contributed by atoms with E-state index in [0.717, 1.165) is 31.2 Å². The molecule has 2 heterocycles. The van der Waals surface area contributed by atoms with Gasteiger partial charge in [-0.3, -0.25) is 19.3 Å². The molecule has 2 saturated heterocycles. The Labute approximate surface area is 194 Å². The van der Waals surface area contributed by atoms with Crippen molar-refractivity contribution >= 4 is 17.7 Å². The van der Waals surface area contributed by atoms with Gasteiger partial charge in [-0.1, -0.05) is 42.5 Å². The van der Waals surface area contributed by atoms with Gasteiger partial charge in [0, 0.05) is 32.0 Å². The van der Waals surface area contributed by atoms with Gasteiger partial charge in [-0.15, -0.1) is 0 Å². The van der Waals surface area contributed by atoms with E-state index >= 15 is 0 Å². The first-order chi connectivity index (χ1) is 16.0. The van der Waals surface area contributed by atoms with E-state index in [0.29, 0.717) is 24.8 Å². The normalized spacial score (nSPS) is 23.8. The molecule has 2 aromatic carbocycles. The van der Waals surface area contributed by atoms with Gasteiger partial charge in [0.25, 0.3) is 0 Å². The number of carbonyl (C=O) groups is 3. The van der Waals surface area contributed by atoms with Gasteiger partial charge >= 0.3 is 0 Å². The molecule has 172 valence electrons. The van der Waals surface area contributed by atoms with E-state index in [1.807, 2.05) is 23.1 Å². The first kappa shape index (κ1) is 21.7. The lowest BCUT2D eigenvalue weighted by atomic mass is 9.75. The molecule has 2 aliphatic heterocycles. The van der Waals surface area contributed by atoms with Crippen LogP contribution in [0.15, 0.2) is 54.6 Å². The van der Waals surface area contributed by atoms with Crippen molar-refractivity contribution in [2.45, 2.75) is 55.9 Å². The maximum absolute atomic E-state index is 13.6. The third kappa shape index (κ3) is 4.03. The summed E-state index contributed by atoms with van der Waals surface area (Å²) in [6.07, 6.45) is 3.62. The molecule has 0 unspecified atom stereocenters. The molecular weight excluding hydrogens is 416 g/mol. The zero-order valence-electron chi connectivity index (χ0n) is 19.0. The van der Waals surface area contributed by atoms with Crippen molar-refractivity contribution in [2.24, 2.45) is 0 Å². The molecule has 0 radical (unpaired) electrons. The maximum atomic E-state index is 13.6. The molecular formula is C27H30N2O4. The number of amides is 3. The first-order valence-electron chi connectivity index (χ1n) is 11.9. The molecule has 3 aliphatic rings. The number of likely N-dealkylation sites (tertiary alicyclic amines) is 2. The summed E-state index contributed by atoms with van der Waals surface area (Å²) in [6.45, 7) is 1.34. The molecule has 6 heteroatoms. The van der Waals surface area contributed by atoms with Gasteiger partial charge in [0.05, 0.1) is 12.5 Å². The van der Waals surface area contributed by atoms with Crippen LogP contribution >= 0.6 is 0 Å². The summed E-state index contributed by atoms with van der Waals surface area (Å²) in [7, 11) is 1.59.